The molecule has 0 unspecified atom stereocenters. The molecule has 1 saturated heterocycles. The van der Waals surface area contributed by atoms with Crippen LogP contribution in [0.3, 0.4) is 0 Å². The maximum absolute atomic E-state index is 6.01. The lowest BCUT2D eigenvalue weighted by Gasteiger charge is -2.22. The van der Waals surface area contributed by atoms with Crippen LogP contribution in [-0.4, -0.2) is 23.1 Å². The van der Waals surface area contributed by atoms with E-state index in [1.807, 2.05) is 0 Å². The summed E-state index contributed by atoms with van der Waals surface area (Å²) in [6, 6.07) is 0. The number of rotatable bonds is 1. The van der Waals surface area contributed by atoms with E-state index in [4.69, 9.17) is 23.2 Å². The first kappa shape index (κ1) is 10.1. The third-order valence-corrected chi connectivity index (χ3v) is 3.00. The fourth-order valence-electron chi connectivity index (χ4n) is 1.76. The Labute approximate surface area is 92.8 Å². The average molecular weight is 232 g/mol. The molecule has 1 aromatic heterocycles. The highest BCUT2D eigenvalue weighted by atomic mass is 35.5. The third kappa shape index (κ3) is 2.16. The van der Waals surface area contributed by atoms with E-state index in [9.17, 15) is 0 Å². The van der Waals surface area contributed by atoms with Crippen molar-refractivity contribution in [3.8, 4) is 0 Å². The van der Waals surface area contributed by atoms with E-state index < -0.39 is 0 Å². The summed E-state index contributed by atoms with van der Waals surface area (Å²) in [6.45, 7) is 2.06. The molecule has 1 N–H and O–H groups in total. The van der Waals surface area contributed by atoms with Crippen molar-refractivity contribution < 1.29 is 0 Å². The Bertz CT molecular complexity index is 324. The molecule has 3 nitrogen and oxygen atoms in total. The third-order valence-electron chi connectivity index (χ3n) is 2.52. The minimum atomic E-state index is 0.215. The van der Waals surface area contributed by atoms with Gasteiger partial charge >= 0.3 is 0 Å². The van der Waals surface area contributed by atoms with Crippen LogP contribution in [0.25, 0.3) is 0 Å². The van der Waals surface area contributed by atoms with Gasteiger partial charge in [-0.15, -0.1) is 0 Å². The van der Waals surface area contributed by atoms with Gasteiger partial charge in [-0.25, -0.2) is 9.97 Å². The Balaban J connectivity index is 2.22. The van der Waals surface area contributed by atoms with Gasteiger partial charge in [0.25, 0.3) is 0 Å². The minimum Gasteiger partial charge on any atom is -0.317 e. The van der Waals surface area contributed by atoms with Gasteiger partial charge in [0.1, 0.15) is 5.15 Å². The SMILES string of the molecule is Clc1ncc(C2CCNCC2)c(Cl)n1. The van der Waals surface area contributed by atoms with Crippen LogP contribution in [0.2, 0.25) is 10.4 Å². The van der Waals surface area contributed by atoms with Crippen LogP contribution in [-0.2, 0) is 0 Å². The molecule has 0 bridgehead atoms. The highest BCUT2D eigenvalue weighted by Crippen LogP contribution is 2.29. The van der Waals surface area contributed by atoms with Crippen LogP contribution in [0.15, 0.2) is 6.20 Å². The molecule has 2 heterocycles. The summed E-state index contributed by atoms with van der Waals surface area (Å²) in [7, 11) is 0. The van der Waals surface area contributed by atoms with Gasteiger partial charge in [0.15, 0.2) is 0 Å². The van der Waals surface area contributed by atoms with Crippen molar-refractivity contribution in [2.24, 2.45) is 0 Å². The molecule has 0 aromatic carbocycles. The van der Waals surface area contributed by atoms with Gasteiger partial charge in [0.05, 0.1) is 0 Å². The van der Waals surface area contributed by atoms with Crippen LogP contribution in [0.5, 0.6) is 0 Å². The van der Waals surface area contributed by atoms with E-state index in [1.54, 1.807) is 6.20 Å². The predicted molar refractivity (Wildman–Crippen MR) is 56.9 cm³/mol. The molecule has 1 aromatic rings. The molecule has 0 atom stereocenters. The van der Waals surface area contributed by atoms with Gasteiger partial charge in [0.2, 0.25) is 5.28 Å². The number of hydrogen-bond donors (Lipinski definition) is 1. The van der Waals surface area contributed by atoms with E-state index >= 15 is 0 Å². The van der Waals surface area contributed by atoms with E-state index in [2.05, 4.69) is 15.3 Å². The summed E-state index contributed by atoms with van der Waals surface area (Å²) in [5, 5.41) is 4.02. The summed E-state index contributed by atoms with van der Waals surface area (Å²) in [5.41, 5.74) is 1.03. The van der Waals surface area contributed by atoms with Crippen LogP contribution in [0.4, 0.5) is 0 Å². The zero-order valence-electron chi connectivity index (χ0n) is 7.63. The monoisotopic (exact) mass is 231 g/mol. The van der Waals surface area contributed by atoms with Gasteiger partial charge in [-0.2, -0.15) is 0 Å². The average Bonchev–Trinajstić information content (AvgIpc) is 2.19. The smallest absolute Gasteiger partial charge is 0.223 e. The van der Waals surface area contributed by atoms with Gasteiger partial charge in [0, 0.05) is 11.8 Å². The molecule has 0 saturated carbocycles. The molecule has 0 radical (unpaired) electrons. The number of aromatic nitrogens is 2. The Morgan fingerprint density at radius 1 is 1.29 bits per heavy atom. The van der Waals surface area contributed by atoms with E-state index in [-0.39, 0.29) is 5.28 Å². The first-order chi connectivity index (χ1) is 6.77. The second-order valence-corrected chi connectivity index (χ2v) is 4.11. The Morgan fingerprint density at radius 3 is 2.64 bits per heavy atom. The van der Waals surface area contributed by atoms with E-state index in [1.165, 1.54) is 0 Å². The number of halogens is 2. The normalized spacial score (nSPS) is 18.4. The van der Waals surface area contributed by atoms with Crippen LogP contribution in [0, 0.1) is 0 Å². The Kier molecular flexibility index (Phi) is 3.21. The first-order valence-corrected chi connectivity index (χ1v) is 5.41. The van der Waals surface area contributed by atoms with Crippen molar-refractivity contribution in [1.29, 1.82) is 0 Å². The van der Waals surface area contributed by atoms with Crippen molar-refractivity contribution in [1.82, 2.24) is 15.3 Å². The minimum absolute atomic E-state index is 0.215. The Morgan fingerprint density at radius 2 is 2.00 bits per heavy atom. The fourth-order valence-corrected chi connectivity index (χ4v) is 2.22. The summed E-state index contributed by atoms with van der Waals surface area (Å²) >= 11 is 11.6. The number of nitrogens with one attached hydrogen (secondary N) is 1. The second-order valence-electron chi connectivity index (χ2n) is 3.41. The lowest BCUT2D eigenvalue weighted by atomic mass is 9.92. The predicted octanol–water partition coefficient (Wildman–Crippen LogP) is 2.25. The standard InChI is InChI=1S/C9H11Cl2N3/c10-8-7(5-13-9(11)14-8)6-1-3-12-4-2-6/h5-6,12H,1-4H2. The Hall–Kier alpha value is -0.380. The second kappa shape index (κ2) is 4.43. The maximum atomic E-state index is 6.01. The molecule has 14 heavy (non-hydrogen) atoms. The van der Waals surface area contributed by atoms with Crippen LogP contribution in [0.1, 0.15) is 24.3 Å². The number of piperidine rings is 1. The zero-order valence-corrected chi connectivity index (χ0v) is 9.15. The van der Waals surface area contributed by atoms with Gasteiger partial charge in [-0.05, 0) is 43.5 Å². The summed E-state index contributed by atoms with van der Waals surface area (Å²) in [6.07, 6.45) is 3.92. The molecule has 1 fully saturated rings. The van der Waals surface area contributed by atoms with E-state index in [0.29, 0.717) is 11.1 Å². The molecule has 5 heteroatoms. The maximum Gasteiger partial charge on any atom is 0.223 e. The highest BCUT2D eigenvalue weighted by molar-refractivity contribution is 6.32. The summed E-state index contributed by atoms with van der Waals surface area (Å²) in [5.74, 6) is 0.473. The fraction of sp³-hybridized carbons (Fsp3) is 0.556. The lowest BCUT2D eigenvalue weighted by molar-refractivity contribution is 0.459. The van der Waals surface area contributed by atoms with Crippen LogP contribution < -0.4 is 5.32 Å². The quantitative estimate of drug-likeness (QED) is 0.596. The van der Waals surface area contributed by atoms with Gasteiger partial charge in [-0.1, -0.05) is 11.6 Å². The van der Waals surface area contributed by atoms with Gasteiger partial charge in [-0.3, -0.25) is 0 Å². The first-order valence-electron chi connectivity index (χ1n) is 4.66. The zero-order chi connectivity index (χ0) is 9.97. The molecule has 0 aliphatic carbocycles. The van der Waals surface area contributed by atoms with Crippen LogP contribution >= 0.6 is 23.2 Å². The molecular weight excluding hydrogens is 221 g/mol. The molecule has 2 rings (SSSR count). The van der Waals surface area contributed by atoms with Crippen molar-refractivity contribution in [2.45, 2.75) is 18.8 Å². The molecule has 1 aliphatic rings. The molecule has 0 amide bonds. The number of hydrogen-bond acceptors (Lipinski definition) is 3. The topological polar surface area (TPSA) is 37.8 Å². The van der Waals surface area contributed by atoms with E-state index in [0.717, 1.165) is 31.5 Å². The van der Waals surface area contributed by atoms with Crippen molar-refractivity contribution in [3.05, 3.63) is 22.2 Å². The summed E-state index contributed by atoms with van der Waals surface area (Å²) < 4.78 is 0. The highest BCUT2D eigenvalue weighted by Gasteiger charge is 2.18. The van der Waals surface area contributed by atoms with Crippen molar-refractivity contribution >= 4 is 23.2 Å². The van der Waals surface area contributed by atoms with Crippen molar-refractivity contribution in [3.63, 3.8) is 0 Å². The molecular formula is C9H11Cl2N3. The summed E-state index contributed by atoms with van der Waals surface area (Å²) in [4.78, 5) is 7.91. The molecule has 0 spiro atoms. The largest absolute Gasteiger partial charge is 0.317 e. The lowest BCUT2D eigenvalue weighted by Crippen LogP contribution is -2.26. The number of nitrogens with zero attached hydrogens (tertiary/aromatic N) is 2. The molecule has 76 valence electrons. The van der Waals surface area contributed by atoms with Crippen molar-refractivity contribution in [2.75, 3.05) is 13.1 Å². The molecule has 1 aliphatic heterocycles. The van der Waals surface area contributed by atoms with Gasteiger partial charge < -0.3 is 5.32 Å².